The van der Waals surface area contributed by atoms with Crippen molar-refractivity contribution in [2.75, 3.05) is 0 Å². The fourth-order valence-electron chi connectivity index (χ4n) is 1.82. The molecule has 0 bridgehead atoms. The zero-order valence-electron chi connectivity index (χ0n) is 9.54. The lowest BCUT2D eigenvalue weighted by atomic mass is 10.2. The molecule has 17 heavy (non-hydrogen) atoms. The van der Waals surface area contributed by atoms with Gasteiger partial charge in [-0.3, -0.25) is 10.1 Å². The summed E-state index contributed by atoms with van der Waals surface area (Å²) in [5.41, 5.74) is 1.06. The third kappa shape index (κ3) is 2.45. The second kappa shape index (κ2) is 4.55. The number of aliphatic hydroxyl groups is 1. The largest absolute Gasteiger partial charge is 0.393 e. The second-order valence-corrected chi connectivity index (χ2v) is 4.15. The zero-order chi connectivity index (χ0) is 12.4. The first-order valence-corrected chi connectivity index (χ1v) is 5.49. The fourth-order valence-corrected chi connectivity index (χ4v) is 1.82. The van der Waals surface area contributed by atoms with Crippen LogP contribution < -0.4 is 0 Å². The van der Waals surface area contributed by atoms with Crippen molar-refractivity contribution in [1.82, 2.24) is 4.57 Å². The van der Waals surface area contributed by atoms with E-state index in [2.05, 4.69) is 0 Å². The maximum absolute atomic E-state index is 10.6. The van der Waals surface area contributed by atoms with Gasteiger partial charge in [0, 0.05) is 35.8 Å². The van der Waals surface area contributed by atoms with Crippen molar-refractivity contribution >= 4 is 16.6 Å². The van der Waals surface area contributed by atoms with Crippen molar-refractivity contribution in [1.29, 1.82) is 0 Å². The third-order valence-electron chi connectivity index (χ3n) is 2.75. The van der Waals surface area contributed by atoms with Crippen LogP contribution in [0.15, 0.2) is 30.5 Å². The van der Waals surface area contributed by atoms with Gasteiger partial charge in [-0.05, 0) is 25.5 Å². The summed E-state index contributed by atoms with van der Waals surface area (Å²) in [4.78, 5) is 10.2. The molecule has 2 aromatic rings. The van der Waals surface area contributed by atoms with Gasteiger partial charge in [0.05, 0.1) is 11.0 Å². The van der Waals surface area contributed by atoms with Crippen molar-refractivity contribution in [3.05, 3.63) is 40.6 Å². The first-order valence-electron chi connectivity index (χ1n) is 5.49. The molecule has 1 unspecified atom stereocenters. The van der Waals surface area contributed by atoms with Gasteiger partial charge in [0.25, 0.3) is 5.69 Å². The lowest BCUT2D eigenvalue weighted by Crippen LogP contribution is -2.05. The number of nitro benzene ring substituents is 1. The lowest BCUT2D eigenvalue weighted by molar-refractivity contribution is -0.384. The van der Waals surface area contributed by atoms with E-state index in [0.29, 0.717) is 13.0 Å². The van der Waals surface area contributed by atoms with Gasteiger partial charge in [0.1, 0.15) is 0 Å². The standard InChI is InChI=1S/C12H14N2O3/c1-9(15)4-6-13-7-5-10-8-11(14(16)17)2-3-12(10)13/h2-3,5,7-9,15H,4,6H2,1H3. The van der Waals surface area contributed by atoms with E-state index in [-0.39, 0.29) is 11.8 Å². The maximum atomic E-state index is 10.6. The molecule has 0 aliphatic carbocycles. The molecule has 0 aliphatic rings. The molecule has 0 amide bonds. The van der Waals surface area contributed by atoms with Crippen molar-refractivity contribution in [2.24, 2.45) is 0 Å². The molecule has 0 fully saturated rings. The average molecular weight is 234 g/mol. The second-order valence-electron chi connectivity index (χ2n) is 4.15. The van der Waals surface area contributed by atoms with Crippen LogP contribution in [-0.4, -0.2) is 20.7 Å². The number of fused-ring (bicyclic) bond motifs is 1. The summed E-state index contributed by atoms with van der Waals surface area (Å²) in [6, 6.07) is 6.66. The van der Waals surface area contributed by atoms with Gasteiger partial charge in [0.15, 0.2) is 0 Å². The van der Waals surface area contributed by atoms with Gasteiger partial charge in [-0.15, -0.1) is 0 Å². The molecule has 1 aromatic carbocycles. The van der Waals surface area contributed by atoms with E-state index < -0.39 is 4.92 Å². The number of benzene rings is 1. The van der Waals surface area contributed by atoms with E-state index in [1.807, 2.05) is 16.8 Å². The van der Waals surface area contributed by atoms with Gasteiger partial charge in [-0.25, -0.2) is 0 Å². The molecule has 0 spiro atoms. The predicted octanol–water partition coefficient (Wildman–Crippen LogP) is 2.32. The van der Waals surface area contributed by atoms with Crippen LogP contribution >= 0.6 is 0 Å². The minimum absolute atomic E-state index is 0.103. The van der Waals surface area contributed by atoms with Crippen LogP contribution in [0.1, 0.15) is 13.3 Å². The van der Waals surface area contributed by atoms with Gasteiger partial charge < -0.3 is 9.67 Å². The Kier molecular flexibility index (Phi) is 3.10. The summed E-state index contributed by atoms with van der Waals surface area (Å²) >= 11 is 0. The van der Waals surface area contributed by atoms with Crippen LogP contribution in [0.2, 0.25) is 0 Å². The first kappa shape index (κ1) is 11.6. The van der Waals surface area contributed by atoms with Crippen LogP contribution in [0.4, 0.5) is 5.69 Å². The fraction of sp³-hybridized carbons (Fsp3) is 0.333. The van der Waals surface area contributed by atoms with Crippen LogP contribution in [0.5, 0.6) is 0 Å². The Morgan fingerprint density at radius 2 is 2.24 bits per heavy atom. The summed E-state index contributed by atoms with van der Waals surface area (Å²) in [6.45, 7) is 2.45. The number of aromatic nitrogens is 1. The summed E-state index contributed by atoms with van der Waals surface area (Å²) < 4.78 is 1.99. The molecule has 1 atom stereocenters. The molecule has 0 saturated heterocycles. The van der Waals surface area contributed by atoms with Crippen LogP contribution in [0.3, 0.4) is 0 Å². The molecule has 0 radical (unpaired) electrons. The third-order valence-corrected chi connectivity index (χ3v) is 2.75. The van der Waals surface area contributed by atoms with Crippen LogP contribution in [0, 0.1) is 10.1 Å². The van der Waals surface area contributed by atoms with Crippen molar-refractivity contribution in [3.8, 4) is 0 Å². The molecule has 1 heterocycles. The monoisotopic (exact) mass is 234 g/mol. The van der Waals surface area contributed by atoms with E-state index in [0.717, 1.165) is 10.9 Å². The Morgan fingerprint density at radius 1 is 1.47 bits per heavy atom. The molecular formula is C12H14N2O3. The maximum Gasteiger partial charge on any atom is 0.270 e. The van der Waals surface area contributed by atoms with Gasteiger partial charge >= 0.3 is 0 Å². The number of aryl methyl sites for hydroxylation is 1. The zero-order valence-corrected chi connectivity index (χ0v) is 9.54. The van der Waals surface area contributed by atoms with Crippen LogP contribution in [-0.2, 0) is 6.54 Å². The van der Waals surface area contributed by atoms with Crippen molar-refractivity contribution < 1.29 is 10.0 Å². The molecule has 2 rings (SSSR count). The topological polar surface area (TPSA) is 68.3 Å². The summed E-state index contributed by atoms with van der Waals surface area (Å²) in [5, 5.41) is 20.7. The highest BCUT2D eigenvalue weighted by Crippen LogP contribution is 2.22. The van der Waals surface area contributed by atoms with E-state index in [1.165, 1.54) is 6.07 Å². The van der Waals surface area contributed by atoms with E-state index in [1.54, 1.807) is 19.1 Å². The molecule has 0 saturated carbocycles. The molecule has 5 heteroatoms. The predicted molar refractivity (Wildman–Crippen MR) is 64.9 cm³/mol. The van der Waals surface area contributed by atoms with E-state index >= 15 is 0 Å². The van der Waals surface area contributed by atoms with E-state index in [4.69, 9.17) is 0 Å². The SMILES string of the molecule is CC(O)CCn1ccc2cc([N+](=O)[O-])ccc21. The average Bonchev–Trinajstić information content (AvgIpc) is 2.68. The molecule has 90 valence electrons. The van der Waals surface area contributed by atoms with Crippen molar-refractivity contribution in [2.45, 2.75) is 26.0 Å². The van der Waals surface area contributed by atoms with Crippen molar-refractivity contribution in [3.63, 3.8) is 0 Å². The van der Waals surface area contributed by atoms with Gasteiger partial charge in [0.2, 0.25) is 0 Å². The highest BCUT2D eigenvalue weighted by molar-refractivity contribution is 5.82. The minimum atomic E-state index is -0.396. The number of nitro groups is 1. The molecule has 1 aromatic heterocycles. The number of rotatable bonds is 4. The van der Waals surface area contributed by atoms with Crippen LogP contribution in [0.25, 0.3) is 10.9 Å². The number of aliphatic hydroxyl groups excluding tert-OH is 1. The molecule has 0 aliphatic heterocycles. The summed E-state index contributed by atoms with van der Waals surface area (Å²) in [7, 11) is 0. The number of hydrogen-bond donors (Lipinski definition) is 1. The Morgan fingerprint density at radius 3 is 2.88 bits per heavy atom. The molecule has 1 N–H and O–H groups in total. The highest BCUT2D eigenvalue weighted by Gasteiger charge is 2.08. The quantitative estimate of drug-likeness (QED) is 0.652. The molecule has 5 nitrogen and oxygen atoms in total. The lowest BCUT2D eigenvalue weighted by Gasteiger charge is -2.06. The first-order chi connectivity index (χ1) is 8.08. The molecular weight excluding hydrogens is 220 g/mol. The Hall–Kier alpha value is -1.88. The number of hydrogen-bond acceptors (Lipinski definition) is 3. The smallest absolute Gasteiger partial charge is 0.270 e. The minimum Gasteiger partial charge on any atom is -0.393 e. The summed E-state index contributed by atoms with van der Waals surface area (Å²) in [6.07, 6.45) is 2.21. The Bertz CT molecular complexity index is 546. The van der Waals surface area contributed by atoms with Gasteiger partial charge in [-0.1, -0.05) is 0 Å². The normalized spacial score (nSPS) is 12.8. The summed E-state index contributed by atoms with van der Waals surface area (Å²) in [5.74, 6) is 0. The highest BCUT2D eigenvalue weighted by atomic mass is 16.6. The van der Waals surface area contributed by atoms with Gasteiger partial charge in [-0.2, -0.15) is 0 Å². The Balaban J connectivity index is 2.31. The number of non-ortho nitro benzene ring substituents is 1. The van der Waals surface area contributed by atoms with E-state index in [9.17, 15) is 15.2 Å². The Labute approximate surface area is 98.4 Å². The number of nitrogens with zero attached hydrogens (tertiary/aromatic N) is 2.